The van der Waals surface area contributed by atoms with Crippen molar-refractivity contribution >= 4 is 17.4 Å². The monoisotopic (exact) mass is 297 g/mol. The summed E-state index contributed by atoms with van der Waals surface area (Å²) in [6, 6.07) is 0.113. The summed E-state index contributed by atoms with van der Waals surface area (Å²) in [5, 5.41) is 4.69. The number of rotatable bonds is 4. The summed E-state index contributed by atoms with van der Waals surface area (Å²) in [4.78, 5) is 13.1. The van der Waals surface area contributed by atoms with Crippen molar-refractivity contribution in [3.63, 3.8) is 0 Å². The Morgan fingerprint density at radius 3 is 2.50 bits per heavy atom. The minimum Gasteiger partial charge on any atom is -0.329 e. The Balaban J connectivity index is 2.40. The smallest absolute Gasteiger partial charge is 0.189 e. The molecule has 1 aromatic rings. The van der Waals surface area contributed by atoms with E-state index in [4.69, 9.17) is 17.3 Å². The molecule has 1 fully saturated rings. The minimum atomic E-state index is -0.452. The molecule has 0 saturated heterocycles. The van der Waals surface area contributed by atoms with Gasteiger partial charge in [-0.3, -0.25) is 9.48 Å². The van der Waals surface area contributed by atoms with E-state index in [2.05, 4.69) is 5.10 Å². The summed E-state index contributed by atoms with van der Waals surface area (Å²) in [6.45, 7) is 4.40. The maximum absolute atomic E-state index is 13.1. The molecule has 1 aromatic heterocycles. The van der Waals surface area contributed by atoms with Crippen molar-refractivity contribution in [2.75, 3.05) is 6.54 Å². The van der Waals surface area contributed by atoms with E-state index in [0.29, 0.717) is 17.3 Å². The lowest BCUT2D eigenvalue weighted by atomic mass is 9.75. The maximum Gasteiger partial charge on any atom is 0.189 e. The van der Waals surface area contributed by atoms with Crippen LogP contribution in [-0.4, -0.2) is 22.1 Å². The predicted molar refractivity (Wildman–Crippen MR) is 81.1 cm³/mol. The number of carbonyl (C=O) groups excluding carboxylic acids is 1. The van der Waals surface area contributed by atoms with Gasteiger partial charge in [0.2, 0.25) is 0 Å². The topological polar surface area (TPSA) is 60.9 Å². The molecule has 20 heavy (non-hydrogen) atoms. The summed E-state index contributed by atoms with van der Waals surface area (Å²) >= 11 is 6.22. The summed E-state index contributed by atoms with van der Waals surface area (Å²) < 4.78 is 1.73. The number of nitrogens with zero attached hydrogens (tertiary/aromatic N) is 2. The SMILES string of the molecule is CC(C)n1ncc(Cl)c1C(=O)C1(CN)CCCCCC1. The second-order valence-electron chi connectivity index (χ2n) is 6.11. The highest BCUT2D eigenvalue weighted by atomic mass is 35.5. The van der Waals surface area contributed by atoms with E-state index in [1.165, 1.54) is 12.8 Å². The fourth-order valence-electron chi connectivity index (χ4n) is 3.13. The third-order valence-corrected chi connectivity index (χ3v) is 4.66. The van der Waals surface area contributed by atoms with Crippen LogP contribution in [0.3, 0.4) is 0 Å². The first-order valence-corrected chi connectivity index (χ1v) is 7.87. The number of halogens is 1. The first-order chi connectivity index (χ1) is 9.52. The molecule has 0 spiro atoms. The molecule has 4 nitrogen and oxygen atoms in total. The van der Waals surface area contributed by atoms with Crippen LogP contribution in [0, 0.1) is 5.41 Å². The van der Waals surface area contributed by atoms with E-state index < -0.39 is 5.41 Å². The highest BCUT2D eigenvalue weighted by molar-refractivity contribution is 6.33. The molecule has 0 aliphatic heterocycles. The Morgan fingerprint density at radius 1 is 1.40 bits per heavy atom. The van der Waals surface area contributed by atoms with Gasteiger partial charge in [-0.15, -0.1) is 0 Å². The molecule has 1 heterocycles. The molecule has 2 rings (SSSR count). The van der Waals surface area contributed by atoms with Crippen molar-refractivity contribution in [2.45, 2.75) is 58.4 Å². The fraction of sp³-hybridized carbons (Fsp3) is 0.733. The van der Waals surface area contributed by atoms with Gasteiger partial charge in [-0.1, -0.05) is 37.3 Å². The molecule has 2 N–H and O–H groups in total. The van der Waals surface area contributed by atoms with Gasteiger partial charge in [-0.05, 0) is 26.7 Å². The molecular weight excluding hydrogens is 274 g/mol. The number of hydrogen-bond donors (Lipinski definition) is 1. The third kappa shape index (κ3) is 2.77. The summed E-state index contributed by atoms with van der Waals surface area (Å²) in [6.07, 6.45) is 7.80. The molecule has 0 atom stereocenters. The number of aromatic nitrogens is 2. The van der Waals surface area contributed by atoms with Gasteiger partial charge in [0.05, 0.1) is 11.2 Å². The Kier molecular flexibility index (Phi) is 4.86. The highest BCUT2D eigenvalue weighted by Crippen LogP contribution is 2.38. The zero-order chi connectivity index (χ0) is 14.8. The number of carbonyl (C=O) groups is 1. The average Bonchev–Trinajstić information content (AvgIpc) is 2.66. The zero-order valence-corrected chi connectivity index (χ0v) is 13.1. The van der Waals surface area contributed by atoms with Gasteiger partial charge in [-0.25, -0.2) is 0 Å². The first kappa shape index (κ1) is 15.5. The van der Waals surface area contributed by atoms with Crippen LogP contribution >= 0.6 is 11.6 Å². The van der Waals surface area contributed by atoms with E-state index in [9.17, 15) is 4.79 Å². The Hall–Kier alpha value is -0.870. The van der Waals surface area contributed by atoms with E-state index >= 15 is 0 Å². The van der Waals surface area contributed by atoms with Gasteiger partial charge in [0.15, 0.2) is 5.78 Å². The Bertz CT molecular complexity index is 473. The molecule has 1 aliphatic carbocycles. The third-order valence-electron chi connectivity index (χ3n) is 4.39. The van der Waals surface area contributed by atoms with Crippen molar-refractivity contribution < 1.29 is 4.79 Å². The van der Waals surface area contributed by atoms with E-state index in [0.717, 1.165) is 25.7 Å². The van der Waals surface area contributed by atoms with Crippen molar-refractivity contribution in [2.24, 2.45) is 11.1 Å². The largest absolute Gasteiger partial charge is 0.329 e. The lowest BCUT2D eigenvalue weighted by molar-refractivity contribution is 0.0760. The minimum absolute atomic E-state index is 0.0816. The molecule has 0 radical (unpaired) electrons. The van der Waals surface area contributed by atoms with Crippen LogP contribution in [0.25, 0.3) is 0 Å². The molecule has 5 heteroatoms. The van der Waals surface area contributed by atoms with E-state index in [-0.39, 0.29) is 11.8 Å². The van der Waals surface area contributed by atoms with Gasteiger partial charge >= 0.3 is 0 Å². The molecule has 0 unspecified atom stereocenters. The van der Waals surface area contributed by atoms with Gasteiger partial charge < -0.3 is 5.73 Å². The molecule has 1 aliphatic rings. The maximum atomic E-state index is 13.1. The summed E-state index contributed by atoms with van der Waals surface area (Å²) in [5.41, 5.74) is 6.08. The number of ketones is 1. The normalized spacial score (nSPS) is 19.1. The lowest BCUT2D eigenvalue weighted by Crippen LogP contribution is -2.39. The van der Waals surface area contributed by atoms with Crippen LogP contribution in [0.15, 0.2) is 6.20 Å². The quantitative estimate of drug-likeness (QED) is 0.682. The Labute approximate surface area is 125 Å². The molecular formula is C15H24ClN3O. The van der Waals surface area contributed by atoms with Crippen molar-refractivity contribution in [1.29, 1.82) is 0 Å². The van der Waals surface area contributed by atoms with Crippen LogP contribution in [-0.2, 0) is 0 Å². The Morgan fingerprint density at radius 2 is 2.00 bits per heavy atom. The summed E-state index contributed by atoms with van der Waals surface area (Å²) in [7, 11) is 0. The molecule has 0 amide bonds. The van der Waals surface area contributed by atoms with Gasteiger partial charge in [0.25, 0.3) is 0 Å². The van der Waals surface area contributed by atoms with Crippen LogP contribution < -0.4 is 5.73 Å². The zero-order valence-electron chi connectivity index (χ0n) is 12.4. The van der Waals surface area contributed by atoms with E-state index in [1.54, 1.807) is 10.9 Å². The van der Waals surface area contributed by atoms with Gasteiger partial charge in [-0.2, -0.15) is 5.10 Å². The van der Waals surface area contributed by atoms with Crippen molar-refractivity contribution in [3.8, 4) is 0 Å². The lowest BCUT2D eigenvalue weighted by Gasteiger charge is -2.30. The predicted octanol–water partition coefficient (Wildman–Crippen LogP) is 3.60. The van der Waals surface area contributed by atoms with Crippen LogP contribution in [0.1, 0.15) is 68.9 Å². The van der Waals surface area contributed by atoms with Crippen LogP contribution in [0.4, 0.5) is 0 Å². The molecule has 112 valence electrons. The second-order valence-corrected chi connectivity index (χ2v) is 6.51. The first-order valence-electron chi connectivity index (χ1n) is 7.50. The highest BCUT2D eigenvalue weighted by Gasteiger charge is 2.40. The standard InChI is InChI=1S/C15H24ClN3O/c1-11(2)19-13(12(16)9-18-19)14(20)15(10-17)7-5-3-4-6-8-15/h9,11H,3-8,10,17H2,1-2H3. The fourth-order valence-corrected chi connectivity index (χ4v) is 3.34. The van der Waals surface area contributed by atoms with Crippen molar-refractivity contribution in [1.82, 2.24) is 9.78 Å². The number of Topliss-reactive ketones (excluding diaryl/α,β-unsaturated/α-hetero) is 1. The molecule has 1 saturated carbocycles. The number of hydrogen-bond acceptors (Lipinski definition) is 3. The van der Waals surface area contributed by atoms with Crippen LogP contribution in [0.2, 0.25) is 5.02 Å². The average molecular weight is 298 g/mol. The van der Waals surface area contributed by atoms with Gasteiger partial charge in [0.1, 0.15) is 5.69 Å². The van der Waals surface area contributed by atoms with E-state index in [1.807, 2.05) is 13.8 Å². The molecule has 0 aromatic carbocycles. The van der Waals surface area contributed by atoms with Gasteiger partial charge in [0, 0.05) is 18.0 Å². The molecule has 0 bridgehead atoms. The number of nitrogens with two attached hydrogens (primary N) is 1. The summed E-state index contributed by atoms with van der Waals surface area (Å²) in [5.74, 6) is 0.0816. The van der Waals surface area contributed by atoms with Crippen LogP contribution in [0.5, 0.6) is 0 Å². The van der Waals surface area contributed by atoms with Crippen molar-refractivity contribution in [3.05, 3.63) is 16.9 Å². The second kappa shape index (κ2) is 6.27.